The summed E-state index contributed by atoms with van der Waals surface area (Å²) in [5.74, 6) is 0. The first kappa shape index (κ1) is 12.4. The Kier molecular flexibility index (Phi) is 3.50. The van der Waals surface area contributed by atoms with Crippen molar-refractivity contribution < 1.29 is 13.2 Å². The van der Waals surface area contributed by atoms with E-state index in [0.29, 0.717) is 5.69 Å². The van der Waals surface area contributed by atoms with Crippen LogP contribution >= 0.6 is 0 Å². The van der Waals surface area contributed by atoms with E-state index < -0.39 is 11.7 Å². The molecule has 1 aliphatic heterocycles. The van der Waals surface area contributed by atoms with E-state index in [4.69, 9.17) is 0 Å². The predicted octanol–water partition coefficient (Wildman–Crippen LogP) is 3.45. The smallest absolute Gasteiger partial charge is 0.380 e. The van der Waals surface area contributed by atoms with Gasteiger partial charge < -0.3 is 5.32 Å². The topological polar surface area (TPSA) is 24.4 Å². The molecule has 1 unspecified atom stereocenters. The van der Waals surface area contributed by atoms with Crippen molar-refractivity contribution in [2.75, 3.05) is 0 Å². The fourth-order valence-electron chi connectivity index (χ4n) is 1.46. The number of dihydropyridines is 1. The van der Waals surface area contributed by atoms with Crippen LogP contribution in [0.15, 0.2) is 53.7 Å². The first-order chi connectivity index (χ1) is 8.55. The highest BCUT2D eigenvalue weighted by atomic mass is 19.4. The minimum absolute atomic E-state index is 0.0303. The molecule has 5 heteroatoms. The molecule has 2 rings (SSSR count). The van der Waals surface area contributed by atoms with E-state index in [0.717, 1.165) is 12.1 Å². The Morgan fingerprint density at radius 3 is 2.39 bits per heavy atom. The number of nitrogens with one attached hydrogen (secondary N) is 1. The van der Waals surface area contributed by atoms with Gasteiger partial charge in [0.05, 0.1) is 17.3 Å². The first-order valence-electron chi connectivity index (χ1n) is 5.36. The third-order valence-electron chi connectivity index (χ3n) is 2.39. The number of rotatable bonds is 2. The lowest BCUT2D eigenvalue weighted by Gasteiger charge is -2.10. The molecule has 94 valence electrons. The largest absolute Gasteiger partial charge is 0.416 e. The van der Waals surface area contributed by atoms with Gasteiger partial charge in [-0.15, -0.1) is 0 Å². The molecule has 1 atom stereocenters. The molecule has 1 heterocycles. The molecule has 1 N–H and O–H groups in total. The Hall–Kier alpha value is -2.04. The van der Waals surface area contributed by atoms with E-state index in [9.17, 15) is 13.2 Å². The Morgan fingerprint density at radius 2 is 1.83 bits per heavy atom. The number of halogens is 3. The van der Waals surface area contributed by atoms with Gasteiger partial charge in [-0.3, -0.25) is 4.99 Å². The van der Waals surface area contributed by atoms with Crippen molar-refractivity contribution in [1.82, 2.24) is 5.32 Å². The normalized spacial score (nSPS) is 19.2. The van der Waals surface area contributed by atoms with Crippen molar-refractivity contribution in [3.05, 3.63) is 54.3 Å². The van der Waals surface area contributed by atoms with Crippen LogP contribution in [0.1, 0.15) is 5.56 Å². The fraction of sp³-hybridized carbons (Fsp3) is 0.154. The number of allylic oxidation sites excluding steroid dienone is 2. The van der Waals surface area contributed by atoms with Crippen LogP contribution in [0, 0.1) is 0 Å². The molecule has 1 aromatic carbocycles. The average molecular weight is 252 g/mol. The van der Waals surface area contributed by atoms with Gasteiger partial charge in [-0.25, -0.2) is 0 Å². The van der Waals surface area contributed by atoms with E-state index >= 15 is 0 Å². The second-order valence-corrected chi connectivity index (χ2v) is 3.76. The number of hydrogen-bond acceptors (Lipinski definition) is 2. The SMILES string of the molecule is FC(F)(F)c1ccc(N=CC2C=CC=CN2)cc1. The fourth-order valence-corrected chi connectivity index (χ4v) is 1.46. The number of hydrogen-bond donors (Lipinski definition) is 1. The van der Waals surface area contributed by atoms with Gasteiger partial charge in [0.25, 0.3) is 0 Å². The van der Waals surface area contributed by atoms with Gasteiger partial charge in [0.15, 0.2) is 0 Å². The predicted molar refractivity (Wildman–Crippen MR) is 64.8 cm³/mol. The third kappa shape index (κ3) is 3.23. The number of alkyl halides is 3. The van der Waals surface area contributed by atoms with Crippen LogP contribution in [0.25, 0.3) is 0 Å². The van der Waals surface area contributed by atoms with Crippen LogP contribution in [-0.2, 0) is 6.18 Å². The molecule has 0 amide bonds. The Bertz CT molecular complexity index is 484. The summed E-state index contributed by atoms with van der Waals surface area (Å²) in [7, 11) is 0. The number of nitrogens with zero attached hydrogens (tertiary/aromatic N) is 1. The van der Waals surface area contributed by atoms with Crippen LogP contribution in [0.4, 0.5) is 18.9 Å². The molecule has 1 aliphatic rings. The summed E-state index contributed by atoms with van der Waals surface area (Å²) in [6.45, 7) is 0. The maximum Gasteiger partial charge on any atom is 0.416 e. The summed E-state index contributed by atoms with van der Waals surface area (Å²) in [6.07, 6.45) is 4.74. The van der Waals surface area contributed by atoms with Gasteiger partial charge in [0.2, 0.25) is 0 Å². The van der Waals surface area contributed by atoms with Gasteiger partial charge in [-0.2, -0.15) is 13.2 Å². The monoisotopic (exact) mass is 252 g/mol. The van der Waals surface area contributed by atoms with E-state index in [1.165, 1.54) is 12.1 Å². The van der Waals surface area contributed by atoms with Crippen molar-refractivity contribution in [2.45, 2.75) is 12.2 Å². The van der Waals surface area contributed by atoms with Gasteiger partial charge in [-0.05, 0) is 36.5 Å². The van der Waals surface area contributed by atoms with E-state index in [-0.39, 0.29) is 6.04 Å². The minimum Gasteiger partial charge on any atom is -0.380 e. The summed E-state index contributed by atoms with van der Waals surface area (Å²) in [5, 5.41) is 3.03. The summed E-state index contributed by atoms with van der Waals surface area (Å²) in [6, 6.07) is 4.72. The van der Waals surface area contributed by atoms with Crippen LogP contribution in [-0.4, -0.2) is 12.3 Å². The molecular formula is C13H11F3N2. The molecule has 0 aliphatic carbocycles. The Balaban J connectivity index is 2.04. The van der Waals surface area contributed by atoms with E-state index in [1.54, 1.807) is 12.4 Å². The lowest BCUT2D eigenvalue weighted by Crippen LogP contribution is -2.24. The van der Waals surface area contributed by atoms with Crippen LogP contribution in [0.3, 0.4) is 0 Å². The molecule has 0 aromatic heterocycles. The maximum atomic E-state index is 12.3. The van der Waals surface area contributed by atoms with Crippen molar-refractivity contribution in [3.63, 3.8) is 0 Å². The summed E-state index contributed by atoms with van der Waals surface area (Å²) in [5.41, 5.74) is -0.173. The molecule has 1 aromatic rings. The van der Waals surface area contributed by atoms with Gasteiger partial charge >= 0.3 is 6.18 Å². The summed E-state index contributed by atoms with van der Waals surface area (Å²) in [4.78, 5) is 4.11. The highest BCUT2D eigenvalue weighted by molar-refractivity contribution is 5.71. The first-order valence-corrected chi connectivity index (χ1v) is 5.36. The van der Waals surface area contributed by atoms with Gasteiger partial charge in [0, 0.05) is 6.21 Å². The van der Waals surface area contributed by atoms with Crippen LogP contribution < -0.4 is 5.32 Å². The standard InChI is InChI=1S/C13H11F3N2/c14-13(15,16)10-4-6-11(7-5-10)18-9-12-3-1-2-8-17-12/h1-9,12,17H. The molecule has 18 heavy (non-hydrogen) atoms. The maximum absolute atomic E-state index is 12.3. The molecule has 0 radical (unpaired) electrons. The lowest BCUT2D eigenvalue weighted by atomic mass is 10.2. The second kappa shape index (κ2) is 5.08. The van der Waals surface area contributed by atoms with Gasteiger partial charge in [-0.1, -0.05) is 12.2 Å². The molecule has 0 saturated carbocycles. The molecule has 0 fully saturated rings. The van der Waals surface area contributed by atoms with Crippen molar-refractivity contribution in [1.29, 1.82) is 0 Å². The van der Waals surface area contributed by atoms with Crippen LogP contribution in [0.5, 0.6) is 0 Å². The minimum atomic E-state index is -4.30. The van der Waals surface area contributed by atoms with Crippen LogP contribution in [0.2, 0.25) is 0 Å². The van der Waals surface area contributed by atoms with Crippen molar-refractivity contribution in [3.8, 4) is 0 Å². The number of aliphatic imine (C=N–C) groups is 1. The highest BCUT2D eigenvalue weighted by Gasteiger charge is 2.29. The van der Waals surface area contributed by atoms with Crippen molar-refractivity contribution >= 4 is 11.9 Å². The number of benzene rings is 1. The van der Waals surface area contributed by atoms with Gasteiger partial charge in [0.1, 0.15) is 0 Å². The zero-order valence-corrected chi connectivity index (χ0v) is 9.35. The summed E-state index contributed by atoms with van der Waals surface area (Å²) >= 11 is 0. The highest BCUT2D eigenvalue weighted by Crippen LogP contribution is 2.30. The van der Waals surface area contributed by atoms with E-state index in [2.05, 4.69) is 10.3 Å². The van der Waals surface area contributed by atoms with E-state index in [1.807, 2.05) is 18.2 Å². The third-order valence-corrected chi connectivity index (χ3v) is 2.39. The molecular weight excluding hydrogens is 241 g/mol. The Morgan fingerprint density at radius 1 is 1.11 bits per heavy atom. The lowest BCUT2D eigenvalue weighted by molar-refractivity contribution is -0.137. The van der Waals surface area contributed by atoms with Crippen molar-refractivity contribution in [2.24, 2.45) is 4.99 Å². The molecule has 0 spiro atoms. The Labute approximate surface area is 103 Å². The zero-order chi connectivity index (χ0) is 13.0. The summed E-state index contributed by atoms with van der Waals surface area (Å²) < 4.78 is 37.0. The second-order valence-electron chi connectivity index (χ2n) is 3.76. The molecule has 2 nitrogen and oxygen atoms in total. The molecule has 0 bridgehead atoms. The molecule has 0 saturated heterocycles. The zero-order valence-electron chi connectivity index (χ0n) is 9.35. The average Bonchev–Trinajstić information content (AvgIpc) is 2.37. The quantitative estimate of drug-likeness (QED) is 0.801.